The summed E-state index contributed by atoms with van der Waals surface area (Å²) in [5.74, 6) is 0.715. The second kappa shape index (κ2) is 7.85. The molecule has 0 aliphatic carbocycles. The van der Waals surface area contributed by atoms with Gasteiger partial charge in [0.05, 0.1) is 13.2 Å². The van der Waals surface area contributed by atoms with Gasteiger partial charge in [-0.3, -0.25) is 0 Å². The van der Waals surface area contributed by atoms with Crippen molar-refractivity contribution in [2.24, 2.45) is 5.92 Å². The van der Waals surface area contributed by atoms with E-state index in [0.29, 0.717) is 5.92 Å². The van der Waals surface area contributed by atoms with E-state index in [0.717, 1.165) is 32.7 Å². The van der Waals surface area contributed by atoms with Crippen LogP contribution >= 0.6 is 11.3 Å². The van der Waals surface area contributed by atoms with Crippen LogP contribution in [0, 0.1) is 19.8 Å². The smallest absolute Gasteiger partial charge is 0.0591 e. The second-order valence-electron chi connectivity index (χ2n) is 4.92. The standard InChI is InChI=1S/C14H25NOS/c1-11(2)10-15-6-8-16-7-5-14-12(3)9-13(4)17-14/h9,11,15H,5-8,10H2,1-4H3. The number of hydrogen-bond acceptors (Lipinski definition) is 3. The topological polar surface area (TPSA) is 21.3 Å². The first kappa shape index (κ1) is 14.7. The number of thiophene rings is 1. The number of aryl methyl sites for hydroxylation is 2. The minimum Gasteiger partial charge on any atom is -0.380 e. The average molecular weight is 255 g/mol. The fourth-order valence-corrected chi connectivity index (χ4v) is 2.77. The maximum absolute atomic E-state index is 5.63. The highest BCUT2D eigenvalue weighted by atomic mass is 32.1. The van der Waals surface area contributed by atoms with Gasteiger partial charge >= 0.3 is 0 Å². The molecule has 1 aromatic heterocycles. The van der Waals surface area contributed by atoms with Gasteiger partial charge in [0.15, 0.2) is 0 Å². The van der Waals surface area contributed by atoms with Crippen LogP contribution in [-0.4, -0.2) is 26.3 Å². The zero-order valence-electron chi connectivity index (χ0n) is 11.5. The molecule has 0 aliphatic rings. The minimum absolute atomic E-state index is 0.715. The molecule has 0 spiro atoms. The lowest BCUT2D eigenvalue weighted by Crippen LogP contribution is -2.24. The van der Waals surface area contributed by atoms with E-state index in [1.165, 1.54) is 15.3 Å². The molecule has 17 heavy (non-hydrogen) atoms. The van der Waals surface area contributed by atoms with E-state index in [2.05, 4.69) is 39.1 Å². The first-order valence-corrected chi connectivity index (χ1v) is 7.25. The third kappa shape index (κ3) is 6.20. The predicted octanol–water partition coefficient (Wildman–Crippen LogP) is 3.17. The van der Waals surface area contributed by atoms with Crippen LogP contribution in [0.1, 0.15) is 29.2 Å². The van der Waals surface area contributed by atoms with Gasteiger partial charge in [0.2, 0.25) is 0 Å². The summed E-state index contributed by atoms with van der Waals surface area (Å²) in [6.45, 7) is 12.5. The van der Waals surface area contributed by atoms with Gasteiger partial charge in [0.25, 0.3) is 0 Å². The summed E-state index contributed by atoms with van der Waals surface area (Å²) in [4.78, 5) is 2.87. The van der Waals surface area contributed by atoms with Gasteiger partial charge in [0.1, 0.15) is 0 Å². The van der Waals surface area contributed by atoms with Crippen LogP contribution in [0.15, 0.2) is 6.07 Å². The molecule has 0 saturated heterocycles. The molecule has 0 radical (unpaired) electrons. The van der Waals surface area contributed by atoms with E-state index in [4.69, 9.17) is 4.74 Å². The Morgan fingerprint density at radius 1 is 1.29 bits per heavy atom. The van der Waals surface area contributed by atoms with Crippen molar-refractivity contribution in [2.45, 2.75) is 34.1 Å². The van der Waals surface area contributed by atoms with Gasteiger partial charge in [-0.25, -0.2) is 0 Å². The predicted molar refractivity (Wildman–Crippen MR) is 76.0 cm³/mol. The van der Waals surface area contributed by atoms with E-state index < -0.39 is 0 Å². The normalized spacial score (nSPS) is 11.4. The van der Waals surface area contributed by atoms with Crippen LogP contribution in [0.3, 0.4) is 0 Å². The zero-order chi connectivity index (χ0) is 12.7. The molecule has 98 valence electrons. The molecule has 2 nitrogen and oxygen atoms in total. The Balaban J connectivity index is 2.03. The Kier molecular flexibility index (Phi) is 6.78. The van der Waals surface area contributed by atoms with Gasteiger partial charge in [-0.1, -0.05) is 13.8 Å². The van der Waals surface area contributed by atoms with E-state index in [1.807, 2.05) is 11.3 Å². The van der Waals surface area contributed by atoms with Crippen LogP contribution in [0.2, 0.25) is 0 Å². The molecule has 0 aliphatic heterocycles. The van der Waals surface area contributed by atoms with E-state index in [-0.39, 0.29) is 0 Å². The molecule has 1 heterocycles. The Hall–Kier alpha value is -0.380. The third-order valence-corrected chi connectivity index (χ3v) is 3.81. The first-order chi connectivity index (χ1) is 8.09. The van der Waals surface area contributed by atoms with Crippen LogP contribution in [0.4, 0.5) is 0 Å². The van der Waals surface area contributed by atoms with Crippen molar-refractivity contribution in [3.63, 3.8) is 0 Å². The summed E-state index contributed by atoms with van der Waals surface area (Å²) in [6.07, 6.45) is 1.05. The molecule has 0 bridgehead atoms. The lowest BCUT2D eigenvalue weighted by atomic mass is 10.2. The quantitative estimate of drug-likeness (QED) is 0.720. The van der Waals surface area contributed by atoms with Crippen LogP contribution < -0.4 is 5.32 Å². The zero-order valence-corrected chi connectivity index (χ0v) is 12.3. The molecule has 3 heteroatoms. The lowest BCUT2D eigenvalue weighted by Gasteiger charge is -2.07. The molecule has 0 aromatic carbocycles. The molecule has 0 saturated carbocycles. The van der Waals surface area contributed by atoms with Gasteiger partial charge in [-0.15, -0.1) is 11.3 Å². The number of ether oxygens (including phenoxy) is 1. The van der Waals surface area contributed by atoms with Crippen molar-refractivity contribution < 1.29 is 4.74 Å². The molecular formula is C14H25NOS. The summed E-state index contributed by atoms with van der Waals surface area (Å²) < 4.78 is 5.63. The van der Waals surface area contributed by atoms with Crippen LogP contribution in [-0.2, 0) is 11.2 Å². The van der Waals surface area contributed by atoms with Crippen molar-refractivity contribution in [1.82, 2.24) is 5.32 Å². The summed E-state index contributed by atoms with van der Waals surface area (Å²) in [7, 11) is 0. The summed E-state index contributed by atoms with van der Waals surface area (Å²) in [5.41, 5.74) is 1.41. The van der Waals surface area contributed by atoms with Gasteiger partial charge in [-0.2, -0.15) is 0 Å². The molecule has 0 amide bonds. The Labute approximate surface area is 109 Å². The van der Waals surface area contributed by atoms with Crippen LogP contribution in [0.5, 0.6) is 0 Å². The van der Waals surface area contributed by atoms with Crippen molar-refractivity contribution in [3.8, 4) is 0 Å². The number of nitrogens with one attached hydrogen (secondary N) is 1. The van der Waals surface area contributed by atoms with E-state index >= 15 is 0 Å². The molecule has 1 rings (SSSR count). The Morgan fingerprint density at radius 2 is 2.06 bits per heavy atom. The highest BCUT2D eigenvalue weighted by Crippen LogP contribution is 2.21. The SMILES string of the molecule is Cc1cc(C)c(CCOCCNCC(C)C)s1. The monoisotopic (exact) mass is 255 g/mol. The van der Waals surface area contributed by atoms with Crippen molar-refractivity contribution >= 4 is 11.3 Å². The fraction of sp³-hybridized carbons (Fsp3) is 0.714. The van der Waals surface area contributed by atoms with E-state index in [9.17, 15) is 0 Å². The second-order valence-corrected chi connectivity index (χ2v) is 6.26. The lowest BCUT2D eigenvalue weighted by molar-refractivity contribution is 0.139. The molecule has 0 unspecified atom stereocenters. The Bertz CT molecular complexity index is 320. The maximum atomic E-state index is 5.63. The van der Waals surface area contributed by atoms with Crippen molar-refractivity contribution in [3.05, 3.63) is 21.4 Å². The minimum atomic E-state index is 0.715. The molecule has 0 atom stereocenters. The van der Waals surface area contributed by atoms with E-state index in [1.54, 1.807) is 0 Å². The molecule has 0 fully saturated rings. The fourth-order valence-electron chi connectivity index (χ4n) is 1.74. The summed E-state index contributed by atoms with van der Waals surface area (Å²) >= 11 is 1.89. The maximum Gasteiger partial charge on any atom is 0.0591 e. The first-order valence-electron chi connectivity index (χ1n) is 6.44. The number of hydrogen-bond donors (Lipinski definition) is 1. The summed E-state index contributed by atoms with van der Waals surface area (Å²) in [6, 6.07) is 2.25. The molecule has 1 aromatic rings. The molecule has 1 N–H and O–H groups in total. The van der Waals surface area contributed by atoms with Crippen LogP contribution in [0.25, 0.3) is 0 Å². The summed E-state index contributed by atoms with van der Waals surface area (Å²) in [5, 5.41) is 3.38. The van der Waals surface area contributed by atoms with Crippen molar-refractivity contribution in [2.75, 3.05) is 26.3 Å². The van der Waals surface area contributed by atoms with Crippen molar-refractivity contribution in [1.29, 1.82) is 0 Å². The molecular weight excluding hydrogens is 230 g/mol. The van der Waals surface area contributed by atoms with Gasteiger partial charge < -0.3 is 10.1 Å². The van der Waals surface area contributed by atoms with Gasteiger partial charge in [0, 0.05) is 22.7 Å². The Morgan fingerprint density at radius 3 is 2.65 bits per heavy atom. The van der Waals surface area contributed by atoms with Gasteiger partial charge in [-0.05, 0) is 37.9 Å². The highest BCUT2D eigenvalue weighted by molar-refractivity contribution is 7.12. The number of rotatable bonds is 8. The largest absolute Gasteiger partial charge is 0.380 e. The highest BCUT2D eigenvalue weighted by Gasteiger charge is 2.02. The third-order valence-electron chi connectivity index (χ3n) is 2.59. The average Bonchev–Trinajstić information content (AvgIpc) is 2.55.